The average molecular weight is 435 g/mol. The van der Waals surface area contributed by atoms with E-state index in [0.717, 1.165) is 12.4 Å². The zero-order valence-corrected chi connectivity index (χ0v) is 16.7. The minimum Gasteiger partial charge on any atom is -0.497 e. The number of fused-ring (bicyclic) bond motifs is 1. The van der Waals surface area contributed by atoms with Crippen molar-refractivity contribution in [2.45, 2.75) is 24.9 Å². The van der Waals surface area contributed by atoms with E-state index in [2.05, 4.69) is 15.1 Å². The molecule has 0 radical (unpaired) electrons. The molecule has 1 aliphatic rings. The predicted molar refractivity (Wildman–Crippen MR) is 103 cm³/mol. The number of benzene rings is 1. The fourth-order valence-electron chi connectivity index (χ4n) is 3.57. The molecule has 1 aliphatic heterocycles. The number of aromatic nitrogens is 4. The van der Waals surface area contributed by atoms with Crippen LogP contribution in [0.25, 0.3) is 5.78 Å². The molecule has 164 valence electrons. The number of rotatable bonds is 5. The molecular formula is C20H20F3N5O3. The fourth-order valence-corrected chi connectivity index (χ4v) is 3.57. The van der Waals surface area contributed by atoms with Crippen LogP contribution in [0.3, 0.4) is 0 Å². The Morgan fingerprint density at radius 3 is 2.48 bits per heavy atom. The summed E-state index contributed by atoms with van der Waals surface area (Å²) in [4.78, 5) is 22.2. The molecule has 31 heavy (non-hydrogen) atoms. The van der Waals surface area contributed by atoms with E-state index in [4.69, 9.17) is 9.47 Å². The second-order valence-electron chi connectivity index (χ2n) is 7.16. The summed E-state index contributed by atoms with van der Waals surface area (Å²) in [5, 5.41) is 3.61. The topological polar surface area (TPSA) is 81.9 Å². The van der Waals surface area contributed by atoms with Gasteiger partial charge in [0, 0.05) is 24.7 Å². The summed E-state index contributed by atoms with van der Waals surface area (Å²) < 4.78 is 51.5. The predicted octanol–water partition coefficient (Wildman–Crippen LogP) is 2.94. The molecule has 8 nitrogen and oxygen atoms in total. The molecule has 1 aromatic carbocycles. The van der Waals surface area contributed by atoms with E-state index >= 15 is 0 Å². The minimum absolute atomic E-state index is 0.0868. The van der Waals surface area contributed by atoms with E-state index in [1.165, 1.54) is 0 Å². The van der Waals surface area contributed by atoms with Crippen molar-refractivity contribution in [2.24, 2.45) is 0 Å². The van der Waals surface area contributed by atoms with E-state index in [9.17, 15) is 18.0 Å². The van der Waals surface area contributed by atoms with Gasteiger partial charge in [0.1, 0.15) is 17.8 Å². The van der Waals surface area contributed by atoms with Crippen molar-refractivity contribution in [1.82, 2.24) is 24.5 Å². The van der Waals surface area contributed by atoms with Gasteiger partial charge < -0.3 is 14.4 Å². The molecule has 11 heteroatoms. The van der Waals surface area contributed by atoms with Gasteiger partial charge in [-0.1, -0.05) is 0 Å². The van der Waals surface area contributed by atoms with Gasteiger partial charge in [-0.25, -0.2) is 4.98 Å². The van der Waals surface area contributed by atoms with Crippen LogP contribution in [0.2, 0.25) is 0 Å². The van der Waals surface area contributed by atoms with Gasteiger partial charge in [0.05, 0.1) is 7.11 Å². The Labute approximate surface area is 175 Å². The Morgan fingerprint density at radius 2 is 1.84 bits per heavy atom. The Balaban J connectivity index is 1.37. The van der Waals surface area contributed by atoms with Gasteiger partial charge in [-0.15, -0.1) is 0 Å². The zero-order valence-electron chi connectivity index (χ0n) is 16.7. The average Bonchev–Trinajstić information content (AvgIpc) is 3.25. The van der Waals surface area contributed by atoms with Crippen molar-refractivity contribution >= 4 is 11.7 Å². The van der Waals surface area contributed by atoms with Gasteiger partial charge in [-0.2, -0.15) is 27.8 Å². The number of amides is 1. The van der Waals surface area contributed by atoms with Gasteiger partial charge in [0.15, 0.2) is 12.3 Å². The third-order valence-electron chi connectivity index (χ3n) is 5.25. The van der Waals surface area contributed by atoms with Crippen LogP contribution in [0.4, 0.5) is 13.2 Å². The van der Waals surface area contributed by atoms with Gasteiger partial charge in [0.2, 0.25) is 0 Å². The number of nitrogens with zero attached hydrogens (tertiary/aromatic N) is 5. The van der Waals surface area contributed by atoms with Crippen molar-refractivity contribution < 1.29 is 27.4 Å². The van der Waals surface area contributed by atoms with Crippen molar-refractivity contribution in [3.05, 3.63) is 48.0 Å². The lowest BCUT2D eigenvalue weighted by Gasteiger charge is -2.31. The summed E-state index contributed by atoms with van der Waals surface area (Å²) in [5.74, 6) is 0.776. The molecule has 2 aromatic heterocycles. The SMILES string of the molecule is COc1ccc(OCC(=O)N2CCC(c3cc(C(F)(F)F)n4ncnc4n3)CC2)cc1. The molecule has 4 rings (SSSR count). The second-order valence-corrected chi connectivity index (χ2v) is 7.16. The van der Waals surface area contributed by atoms with Crippen molar-refractivity contribution in [2.75, 3.05) is 26.8 Å². The Morgan fingerprint density at radius 1 is 1.16 bits per heavy atom. The summed E-state index contributed by atoms with van der Waals surface area (Å²) in [6.45, 7) is 0.714. The van der Waals surface area contributed by atoms with Crippen molar-refractivity contribution in [1.29, 1.82) is 0 Å². The van der Waals surface area contributed by atoms with Crippen LogP contribution in [0.1, 0.15) is 30.1 Å². The Hall–Kier alpha value is -3.37. The van der Waals surface area contributed by atoms with Gasteiger partial charge in [0.25, 0.3) is 11.7 Å². The van der Waals surface area contributed by atoms with Crippen LogP contribution in [0.5, 0.6) is 11.5 Å². The number of hydrogen-bond acceptors (Lipinski definition) is 6. The Kier molecular flexibility index (Phi) is 5.66. The molecule has 0 N–H and O–H groups in total. The number of piperidine rings is 1. The maximum atomic E-state index is 13.4. The third kappa shape index (κ3) is 4.54. The van der Waals surface area contributed by atoms with Crippen LogP contribution in [-0.2, 0) is 11.0 Å². The maximum Gasteiger partial charge on any atom is 0.433 e. The lowest BCUT2D eigenvalue weighted by atomic mass is 9.93. The first-order valence-electron chi connectivity index (χ1n) is 9.67. The third-order valence-corrected chi connectivity index (χ3v) is 5.25. The molecule has 0 saturated carbocycles. The molecule has 1 fully saturated rings. The molecule has 3 aromatic rings. The first-order valence-corrected chi connectivity index (χ1v) is 9.67. The number of ether oxygens (including phenoxy) is 2. The van der Waals surface area contributed by atoms with Crippen molar-refractivity contribution in [3.63, 3.8) is 0 Å². The number of methoxy groups -OCH3 is 1. The summed E-state index contributed by atoms with van der Waals surface area (Å²) >= 11 is 0. The zero-order chi connectivity index (χ0) is 22.0. The normalized spacial score (nSPS) is 15.3. The summed E-state index contributed by atoms with van der Waals surface area (Å²) in [6.07, 6.45) is -2.52. The number of likely N-dealkylation sites (tertiary alicyclic amines) is 1. The second kappa shape index (κ2) is 8.40. The number of halogens is 3. The first-order chi connectivity index (χ1) is 14.8. The van der Waals surface area contributed by atoms with Crippen LogP contribution in [-0.4, -0.2) is 57.2 Å². The molecule has 0 spiro atoms. The summed E-state index contributed by atoms with van der Waals surface area (Å²) in [5.41, 5.74) is -0.592. The van der Waals surface area contributed by atoms with Crippen LogP contribution >= 0.6 is 0 Å². The molecule has 3 heterocycles. The monoisotopic (exact) mass is 435 g/mol. The number of alkyl halides is 3. The standard InChI is InChI=1S/C20H20F3N5O3/c1-30-14-2-4-15(5-3-14)31-11-18(29)27-8-6-13(7-9-27)16-10-17(20(21,22)23)28-19(26-16)24-12-25-28/h2-5,10,12-13H,6-9,11H2,1H3. The smallest absolute Gasteiger partial charge is 0.433 e. The van der Waals surface area contributed by atoms with Crippen LogP contribution in [0, 0.1) is 0 Å². The van der Waals surface area contributed by atoms with E-state index in [0.29, 0.717) is 47.6 Å². The van der Waals surface area contributed by atoms with E-state index in [1.54, 1.807) is 36.3 Å². The lowest BCUT2D eigenvalue weighted by Crippen LogP contribution is -2.40. The van der Waals surface area contributed by atoms with E-state index in [1.807, 2.05) is 0 Å². The summed E-state index contributed by atoms with van der Waals surface area (Å²) in [7, 11) is 1.56. The van der Waals surface area contributed by atoms with E-state index in [-0.39, 0.29) is 24.2 Å². The molecule has 0 atom stereocenters. The molecule has 1 saturated heterocycles. The van der Waals surface area contributed by atoms with Gasteiger partial charge in [-0.05, 0) is 43.2 Å². The number of hydrogen-bond donors (Lipinski definition) is 0. The highest BCUT2D eigenvalue weighted by Gasteiger charge is 2.36. The number of carbonyl (C=O) groups is 1. The van der Waals surface area contributed by atoms with Gasteiger partial charge in [-0.3, -0.25) is 4.79 Å². The number of carbonyl (C=O) groups excluding carboxylic acids is 1. The largest absolute Gasteiger partial charge is 0.497 e. The minimum atomic E-state index is -4.57. The highest BCUT2D eigenvalue weighted by molar-refractivity contribution is 5.77. The summed E-state index contributed by atoms with van der Waals surface area (Å²) in [6, 6.07) is 7.92. The van der Waals surface area contributed by atoms with E-state index < -0.39 is 11.9 Å². The first kappa shape index (κ1) is 20.9. The quantitative estimate of drug-likeness (QED) is 0.613. The van der Waals surface area contributed by atoms with Crippen LogP contribution in [0.15, 0.2) is 36.7 Å². The molecule has 1 amide bonds. The Bertz CT molecular complexity index is 1060. The molecule has 0 unspecified atom stereocenters. The highest BCUT2D eigenvalue weighted by Crippen LogP contribution is 2.33. The van der Waals surface area contributed by atoms with Crippen molar-refractivity contribution in [3.8, 4) is 11.5 Å². The maximum absolute atomic E-state index is 13.4. The van der Waals surface area contributed by atoms with Crippen LogP contribution < -0.4 is 9.47 Å². The highest BCUT2D eigenvalue weighted by atomic mass is 19.4. The van der Waals surface area contributed by atoms with Gasteiger partial charge >= 0.3 is 6.18 Å². The lowest BCUT2D eigenvalue weighted by molar-refractivity contribution is -0.142. The fraction of sp³-hybridized carbons (Fsp3) is 0.400. The molecular weight excluding hydrogens is 415 g/mol. The molecule has 0 aliphatic carbocycles. The molecule has 0 bridgehead atoms.